The summed E-state index contributed by atoms with van der Waals surface area (Å²) in [6.45, 7) is 0.343. The van der Waals surface area contributed by atoms with E-state index in [1.54, 1.807) is 24.3 Å². The van der Waals surface area contributed by atoms with Crippen LogP contribution in [0.15, 0.2) is 78.9 Å². The van der Waals surface area contributed by atoms with Gasteiger partial charge in [-0.15, -0.1) is 0 Å². The summed E-state index contributed by atoms with van der Waals surface area (Å²) in [5.74, 6) is -1.24. The van der Waals surface area contributed by atoms with E-state index in [-0.39, 0.29) is 6.42 Å². The lowest BCUT2D eigenvalue weighted by Crippen LogP contribution is -2.43. The fraction of sp³-hybridized carbons (Fsp3) is 0.200. The molecule has 8 heteroatoms. The molecule has 0 aliphatic carbocycles. The molecule has 0 heterocycles. The number of hydrogen-bond acceptors (Lipinski definition) is 4. The summed E-state index contributed by atoms with van der Waals surface area (Å²) in [6, 6.07) is 19.6. The van der Waals surface area contributed by atoms with Crippen molar-refractivity contribution >= 4 is 11.9 Å². The first-order valence-corrected chi connectivity index (χ1v) is 10.1. The first kappa shape index (κ1) is 23.8. The quantitative estimate of drug-likeness (QED) is 0.494. The molecule has 0 unspecified atom stereocenters. The minimum absolute atomic E-state index is 0.00906. The van der Waals surface area contributed by atoms with Gasteiger partial charge in [0.1, 0.15) is 18.4 Å². The van der Waals surface area contributed by atoms with Crippen molar-refractivity contribution in [3.63, 3.8) is 0 Å². The predicted octanol–water partition coefficient (Wildman–Crippen LogP) is 4.80. The molecule has 0 fully saturated rings. The van der Waals surface area contributed by atoms with Gasteiger partial charge in [0.05, 0.1) is 18.2 Å². The molecular formula is C25H22F3NO4. The molecule has 1 N–H and O–H groups in total. The molecule has 172 valence electrons. The highest BCUT2D eigenvalue weighted by atomic mass is 19.4. The van der Waals surface area contributed by atoms with Gasteiger partial charge in [0, 0.05) is 6.42 Å². The van der Waals surface area contributed by atoms with Gasteiger partial charge in [-0.3, -0.25) is 4.79 Å². The van der Waals surface area contributed by atoms with Crippen LogP contribution in [0.1, 0.15) is 27.0 Å². The summed E-state index contributed by atoms with van der Waals surface area (Å²) >= 11 is 0. The zero-order valence-electron chi connectivity index (χ0n) is 17.8. The number of carbonyl (C=O) groups excluding carboxylic acids is 2. The zero-order chi connectivity index (χ0) is 23.8. The highest BCUT2D eigenvalue weighted by Crippen LogP contribution is 2.31. The van der Waals surface area contributed by atoms with Crippen LogP contribution in [0.2, 0.25) is 0 Å². The Morgan fingerprint density at radius 3 is 2.27 bits per heavy atom. The van der Waals surface area contributed by atoms with Gasteiger partial charge in [0.2, 0.25) is 0 Å². The molecule has 3 aromatic carbocycles. The normalized spacial score (nSPS) is 12.0. The first-order chi connectivity index (χ1) is 15.8. The second-order valence-electron chi connectivity index (χ2n) is 7.22. The lowest BCUT2D eigenvalue weighted by Gasteiger charge is -2.19. The Hall–Kier alpha value is -3.81. The van der Waals surface area contributed by atoms with Crippen LogP contribution in [0.25, 0.3) is 0 Å². The van der Waals surface area contributed by atoms with Crippen molar-refractivity contribution in [1.29, 1.82) is 0 Å². The van der Waals surface area contributed by atoms with Gasteiger partial charge in [-0.2, -0.15) is 13.2 Å². The van der Waals surface area contributed by atoms with Crippen molar-refractivity contribution < 1.29 is 32.2 Å². The number of benzene rings is 3. The van der Waals surface area contributed by atoms with E-state index in [2.05, 4.69) is 5.32 Å². The van der Waals surface area contributed by atoms with Gasteiger partial charge in [-0.05, 0) is 35.4 Å². The molecule has 33 heavy (non-hydrogen) atoms. The van der Waals surface area contributed by atoms with E-state index in [0.29, 0.717) is 17.9 Å². The Morgan fingerprint density at radius 1 is 0.909 bits per heavy atom. The predicted molar refractivity (Wildman–Crippen MR) is 116 cm³/mol. The molecule has 0 aliphatic heterocycles. The maximum absolute atomic E-state index is 13.3. The molecule has 0 bridgehead atoms. The van der Waals surface area contributed by atoms with Gasteiger partial charge in [-0.25, -0.2) is 4.79 Å². The van der Waals surface area contributed by atoms with Crippen molar-refractivity contribution in [2.75, 3.05) is 7.11 Å². The van der Waals surface area contributed by atoms with E-state index < -0.39 is 35.2 Å². The first-order valence-electron chi connectivity index (χ1n) is 10.1. The number of rotatable bonds is 8. The van der Waals surface area contributed by atoms with E-state index in [9.17, 15) is 22.8 Å². The van der Waals surface area contributed by atoms with E-state index in [0.717, 1.165) is 24.8 Å². The zero-order valence-corrected chi connectivity index (χ0v) is 17.8. The third kappa shape index (κ3) is 6.58. The summed E-state index contributed by atoms with van der Waals surface area (Å²) < 4.78 is 50.3. The molecule has 1 atom stereocenters. The molecular weight excluding hydrogens is 435 g/mol. The fourth-order valence-electron chi connectivity index (χ4n) is 3.24. The number of halogens is 3. The second kappa shape index (κ2) is 10.7. The average molecular weight is 457 g/mol. The standard InChI is InChI=1S/C25H22F3NO4/c1-32-24(31)22(29-23(30)20-12-5-6-13-21(20)25(26,27)28)15-18-10-7-11-19(14-18)33-16-17-8-3-2-4-9-17/h2-14,22H,15-16H2,1H3,(H,29,30)/t22-/m0/s1. The highest BCUT2D eigenvalue weighted by molar-refractivity contribution is 5.98. The van der Waals surface area contributed by atoms with E-state index in [1.165, 1.54) is 12.1 Å². The van der Waals surface area contributed by atoms with Crippen LogP contribution in [0.5, 0.6) is 5.75 Å². The fourth-order valence-corrected chi connectivity index (χ4v) is 3.24. The molecule has 0 saturated carbocycles. The van der Waals surface area contributed by atoms with Gasteiger partial charge >= 0.3 is 12.1 Å². The minimum atomic E-state index is -4.71. The van der Waals surface area contributed by atoms with Crippen LogP contribution in [-0.2, 0) is 28.7 Å². The Labute approximate surface area is 189 Å². The second-order valence-corrected chi connectivity index (χ2v) is 7.22. The Morgan fingerprint density at radius 2 is 1.58 bits per heavy atom. The molecule has 0 spiro atoms. The van der Waals surface area contributed by atoms with Crippen molar-refractivity contribution in [2.45, 2.75) is 25.2 Å². The smallest absolute Gasteiger partial charge is 0.417 e. The van der Waals surface area contributed by atoms with Crippen LogP contribution >= 0.6 is 0 Å². The van der Waals surface area contributed by atoms with Gasteiger partial charge in [0.15, 0.2) is 0 Å². The van der Waals surface area contributed by atoms with E-state index in [4.69, 9.17) is 9.47 Å². The van der Waals surface area contributed by atoms with Crippen LogP contribution < -0.4 is 10.1 Å². The largest absolute Gasteiger partial charge is 0.489 e. The number of carbonyl (C=O) groups is 2. The number of nitrogens with one attached hydrogen (secondary N) is 1. The summed E-state index contributed by atoms with van der Waals surface area (Å²) in [4.78, 5) is 24.9. The Bertz CT molecular complexity index is 1100. The summed E-state index contributed by atoms with van der Waals surface area (Å²) in [5.41, 5.74) is -0.0347. The molecule has 5 nitrogen and oxygen atoms in total. The Balaban J connectivity index is 1.74. The van der Waals surface area contributed by atoms with Crippen LogP contribution in [0.3, 0.4) is 0 Å². The number of esters is 1. The lowest BCUT2D eigenvalue weighted by molar-refractivity contribution is -0.142. The lowest BCUT2D eigenvalue weighted by atomic mass is 10.0. The number of methoxy groups -OCH3 is 1. The molecule has 3 aromatic rings. The van der Waals surface area contributed by atoms with E-state index in [1.807, 2.05) is 30.3 Å². The van der Waals surface area contributed by atoms with Crippen LogP contribution in [0, 0.1) is 0 Å². The number of hydrogen-bond donors (Lipinski definition) is 1. The summed E-state index contributed by atoms with van der Waals surface area (Å²) in [6.07, 6.45) is -4.70. The van der Waals surface area contributed by atoms with Gasteiger partial charge in [-0.1, -0.05) is 54.6 Å². The third-order valence-corrected chi connectivity index (χ3v) is 4.85. The number of amides is 1. The molecule has 3 rings (SSSR count). The number of ether oxygens (including phenoxy) is 2. The SMILES string of the molecule is COC(=O)[C@H](Cc1cccc(OCc2ccccc2)c1)NC(=O)c1ccccc1C(F)(F)F. The van der Waals surface area contributed by atoms with Crippen molar-refractivity contribution in [3.05, 3.63) is 101 Å². The highest BCUT2D eigenvalue weighted by Gasteiger charge is 2.35. The summed E-state index contributed by atoms with van der Waals surface area (Å²) in [7, 11) is 1.14. The van der Waals surface area contributed by atoms with Gasteiger partial charge < -0.3 is 14.8 Å². The molecule has 0 saturated heterocycles. The molecule has 0 radical (unpaired) electrons. The maximum Gasteiger partial charge on any atom is 0.417 e. The monoisotopic (exact) mass is 457 g/mol. The maximum atomic E-state index is 13.3. The molecule has 0 aliphatic rings. The number of alkyl halides is 3. The topological polar surface area (TPSA) is 64.6 Å². The van der Waals surface area contributed by atoms with Crippen molar-refractivity contribution in [3.8, 4) is 5.75 Å². The van der Waals surface area contributed by atoms with Crippen LogP contribution in [0.4, 0.5) is 13.2 Å². The summed E-state index contributed by atoms with van der Waals surface area (Å²) in [5, 5.41) is 2.37. The van der Waals surface area contributed by atoms with Gasteiger partial charge in [0.25, 0.3) is 5.91 Å². The molecule has 0 aromatic heterocycles. The van der Waals surface area contributed by atoms with Crippen LogP contribution in [-0.4, -0.2) is 25.0 Å². The Kier molecular flexibility index (Phi) is 7.71. The average Bonchev–Trinajstić information content (AvgIpc) is 2.82. The van der Waals surface area contributed by atoms with Crippen molar-refractivity contribution in [1.82, 2.24) is 5.32 Å². The minimum Gasteiger partial charge on any atom is -0.489 e. The third-order valence-electron chi connectivity index (χ3n) is 4.85. The molecule has 1 amide bonds. The van der Waals surface area contributed by atoms with E-state index >= 15 is 0 Å². The van der Waals surface area contributed by atoms with Crippen molar-refractivity contribution in [2.24, 2.45) is 0 Å².